The predicted molar refractivity (Wildman–Crippen MR) is 226 cm³/mol. The van der Waals surface area contributed by atoms with Gasteiger partial charge in [0, 0.05) is 78.1 Å². The third-order valence-electron chi connectivity index (χ3n) is 10.2. The first-order chi connectivity index (χ1) is 35.6. The van der Waals surface area contributed by atoms with Crippen LogP contribution < -0.4 is 0 Å². The minimum atomic E-state index is -2.69. The predicted octanol–water partition coefficient (Wildman–Crippen LogP) is 0.311. The standard InChI is InChI=1S/C45H56O24/c1-24(46)60-22-34-36(62-26(3)48)38(64-28(5)50)40(66-34)68-42(54)17-15-30(20-44(42,56-7)57-8)11-13-32(52)19-33(53)14-12-31-16-18-43(55,45(21-31,58-9)59-10)69-41-39(65-29(6)51)37(63-27(4)49)35(67-41)23-61-25(2)47/h11-18,20-21,34-41,54-55H,19,22-23H2,1-10H3/t34-,35-,36-,37-,38-,39-,40?,41?,42?,43?/m1/s1/i1D,2D,3D,4D,5D,6D. The van der Waals surface area contributed by atoms with E-state index in [1.807, 2.05) is 0 Å². The number of esters is 6. The van der Waals surface area contributed by atoms with Gasteiger partial charge in [0.05, 0.1) is 6.42 Å². The molecule has 2 aliphatic carbocycles. The Morgan fingerprint density at radius 1 is 0.551 bits per heavy atom. The summed E-state index contributed by atoms with van der Waals surface area (Å²) in [5.74, 6) is -17.9. The average Bonchev–Trinajstić information content (AvgIpc) is 3.88. The minimum Gasteiger partial charge on any atom is -0.463 e. The molecule has 2 saturated heterocycles. The first kappa shape index (κ1) is 46.9. The number of ketones is 2. The number of allylic oxidation sites excluding steroid dienone is 8. The highest BCUT2D eigenvalue weighted by molar-refractivity contribution is 6.08. The zero-order chi connectivity index (χ0) is 55.7. The average molecular weight is 987 g/mol. The number of hydrogen-bond acceptors (Lipinski definition) is 24. The van der Waals surface area contributed by atoms with Gasteiger partial charge in [0.15, 0.2) is 36.0 Å². The van der Waals surface area contributed by atoms with Gasteiger partial charge in [-0.25, -0.2) is 0 Å². The molecule has 69 heavy (non-hydrogen) atoms. The van der Waals surface area contributed by atoms with Gasteiger partial charge >= 0.3 is 35.8 Å². The molecule has 2 N–H and O–H groups in total. The summed E-state index contributed by atoms with van der Waals surface area (Å²) in [7, 11) is 4.41. The first-order valence-corrected chi connectivity index (χ1v) is 20.0. The Bertz CT molecular complexity index is 2120. The van der Waals surface area contributed by atoms with Crippen LogP contribution in [0.3, 0.4) is 0 Å². The van der Waals surface area contributed by atoms with Crippen molar-refractivity contribution in [3.63, 3.8) is 0 Å². The van der Waals surface area contributed by atoms with Crippen LogP contribution in [0, 0.1) is 0 Å². The Balaban J connectivity index is 1.50. The van der Waals surface area contributed by atoms with Gasteiger partial charge < -0.3 is 76.5 Å². The summed E-state index contributed by atoms with van der Waals surface area (Å²) in [5, 5.41) is 23.8. The molecule has 4 rings (SSSR count). The van der Waals surface area contributed by atoms with Gasteiger partial charge in [-0.1, -0.05) is 24.3 Å². The fourth-order valence-electron chi connectivity index (χ4n) is 7.19. The van der Waals surface area contributed by atoms with E-state index in [4.69, 9.17) is 74.5 Å². The van der Waals surface area contributed by atoms with Crippen molar-refractivity contribution in [3.8, 4) is 0 Å². The molecule has 2 aliphatic heterocycles. The molecule has 0 aromatic carbocycles. The van der Waals surface area contributed by atoms with Crippen molar-refractivity contribution in [2.45, 2.75) is 120 Å². The molecular formula is C45H56O24. The molecule has 4 unspecified atom stereocenters. The fourth-order valence-corrected chi connectivity index (χ4v) is 7.19. The number of hydrogen-bond donors (Lipinski definition) is 2. The second-order valence-corrected chi connectivity index (χ2v) is 14.8. The van der Waals surface area contributed by atoms with E-state index in [1.165, 1.54) is 36.5 Å². The van der Waals surface area contributed by atoms with Gasteiger partial charge in [-0.15, -0.1) is 0 Å². The first-order valence-electron chi connectivity index (χ1n) is 24.3. The summed E-state index contributed by atoms with van der Waals surface area (Å²) in [6.07, 6.45) is -2.67. The molecule has 2 fully saturated rings. The second kappa shape index (κ2) is 23.7. The molecule has 0 aromatic rings. The number of ether oxygens (including phenoxy) is 14. The van der Waals surface area contributed by atoms with Crippen molar-refractivity contribution < 1.29 is 123 Å². The molecule has 2 heterocycles. The summed E-state index contributed by atoms with van der Waals surface area (Å²) in [6.45, 7) is -6.52. The molecule has 4 aliphatic rings. The lowest BCUT2D eigenvalue weighted by molar-refractivity contribution is -0.382. The molecule has 380 valence electrons. The van der Waals surface area contributed by atoms with Crippen LogP contribution in [0.4, 0.5) is 0 Å². The summed E-state index contributed by atoms with van der Waals surface area (Å²) >= 11 is 0. The monoisotopic (exact) mass is 986 g/mol. The highest BCUT2D eigenvalue weighted by atomic mass is 16.8. The number of rotatable bonds is 22. The Morgan fingerprint density at radius 2 is 0.884 bits per heavy atom. The zero-order valence-corrected chi connectivity index (χ0v) is 37.6. The maximum Gasteiger partial charge on any atom is 0.303 e. The van der Waals surface area contributed by atoms with E-state index in [9.17, 15) is 48.6 Å². The lowest BCUT2D eigenvalue weighted by atomic mass is 9.94. The van der Waals surface area contributed by atoms with Gasteiger partial charge in [0.25, 0.3) is 0 Å². The van der Waals surface area contributed by atoms with Crippen molar-refractivity contribution in [3.05, 3.63) is 71.9 Å². The van der Waals surface area contributed by atoms with E-state index in [2.05, 4.69) is 0 Å². The summed E-state index contributed by atoms with van der Waals surface area (Å²) < 4.78 is 121. The number of carbonyl (C=O) groups excluding carboxylic acids is 8. The van der Waals surface area contributed by atoms with Crippen molar-refractivity contribution in [1.82, 2.24) is 0 Å². The smallest absolute Gasteiger partial charge is 0.303 e. The Hall–Kier alpha value is -5.80. The van der Waals surface area contributed by atoms with E-state index >= 15 is 0 Å². The minimum absolute atomic E-state index is 0.148. The number of carbonyl (C=O) groups is 8. The highest BCUT2D eigenvalue weighted by Gasteiger charge is 2.60. The second-order valence-electron chi connectivity index (χ2n) is 14.8. The van der Waals surface area contributed by atoms with Crippen LogP contribution in [0.15, 0.2) is 71.9 Å². The van der Waals surface area contributed by atoms with Crippen LogP contribution >= 0.6 is 0 Å². The van der Waals surface area contributed by atoms with E-state index in [0.717, 1.165) is 52.7 Å². The van der Waals surface area contributed by atoms with Crippen LogP contribution in [-0.4, -0.2) is 172 Å². The molecular weight excluding hydrogens is 924 g/mol. The number of aliphatic hydroxyl groups is 2. The van der Waals surface area contributed by atoms with E-state index in [1.54, 1.807) is 0 Å². The Kier molecular flexibility index (Phi) is 16.1. The lowest BCUT2D eigenvalue weighted by Gasteiger charge is -2.43. The summed E-state index contributed by atoms with van der Waals surface area (Å²) in [5.41, 5.74) is 0.295. The van der Waals surface area contributed by atoms with Gasteiger partial charge in [0.1, 0.15) is 25.4 Å². The molecule has 0 aromatic heterocycles. The topological polar surface area (TPSA) is 306 Å². The van der Waals surface area contributed by atoms with Gasteiger partial charge in [-0.2, -0.15) is 0 Å². The summed E-state index contributed by atoms with van der Waals surface area (Å²) in [6, 6.07) is 0. The molecule has 10 atom stereocenters. The molecule has 24 heteroatoms. The van der Waals surface area contributed by atoms with Crippen molar-refractivity contribution in [2.24, 2.45) is 0 Å². The highest BCUT2D eigenvalue weighted by Crippen LogP contribution is 2.42. The van der Waals surface area contributed by atoms with Crippen LogP contribution in [0.25, 0.3) is 0 Å². The molecule has 0 amide bonds. The molecule has 0 radical (unpaired) electrons. The van der Waals surface area contributed by atoms with Crippen LogP contribution in [0.2, 0.25) is 0 Å². The fraction of sp³-hybridized carbons (Fsp3) is 0.556. The van der Waals surface area contributed by atoms with E-state index in [-0.39, 0.29) is 11.1 Å². The van der Waals surface area contributed by atoms with Gasteiger partial charge in [0.2, 0.25) is 35.7 Å². The van der Waals surface area contributed by atoms with Crippen molar-refractivity contribution in [2.75, 3.05) is 41.7 Å². The van der Waals surface area contributed by atoms with E-state index in [0.29, 0.717) is 0 Å². The van der Waals surface area contributed by atoms with Crippen molar-refractivity contribution in [1.29, 1.82) is 0 Å². The SMILES string of the molecule is [2H]CC(=O)OC[C@H]1OC(OC2(O)C=CC(C=CC(=O)CC(=O)C=CC3=CC(OC)(OC)C(O)(OC4O[C@H](COC(=O)C[2H])[C@@H](OC(=O)C[2H])[C@H]4OC(=O)C[2H])C=C3)=CC2(OC)OC)[C@H](OC(=O)C[2H])[C@@H]1OC(=O)C[2H]. The molecule has 24 nitrogen and oxygen atoms in total. The normalized spacial score (nSPS) is 31.2. The molecule has 0 spiro atoms. The quantitative estimate of drug-likeness (QED) is 0.0485. The zero-order valence-electron chi connectivity index (χ0n) is 43.6. The number of methoxy groups -OCH3 is 4. The molecule has 0 bridgehead atoms. The Morgan fingerprint density at radius 3 is 1.20 bits per heavy atom. The van der Waals surface area contributed by atoms with Crippen LogP contribution in [-0.2, 0) is 105 Å². The maximum absolute atomic E-state index is 13.1. The van der Waals surface area contributed by atoms with Crippen LogP contribution in [0.5, 0.6) is 0 Å². The summed E-state index contributed by atoms with van der Waals surface area (Å²) in [4.78, 5) is 98.9. The maximum atomic E-state index is 13.1. The van der Waals surface area contributed by atoms with Crippen LogP contribution in [0.1, 0.15) is 56.0 Å². The van der Waals surface area contributed by atoms with Crippen molar-refractivity contribution >= 4 is 47.4 Å². The molecule has 0 saturated carbocycles. The third-order valence-corrected chi connectivity index (χ3v) is 10.2. The van der Waals surface area contributed by atoms with Gasteiger partial charge in [-0.3, -0.25) is 38.4 Å². The largest absolute Gasteiger partial charge is 0.463 e. The lowest BCUT2D eigenvalue weighted by Crippen LogP contribution is -2.60. The van der Waals surface area contributed by atoms with E-state index < -0.39 is 181 Å². The Labute approximate surface area is 404 Å². The third kappa shape index (κ3) is 13.7. The van der Waals surface area contributed by atoms with Gasteiger partial charge in [-0.05, 0) is 47.6 Å².